The summed E-state index contributed by atoms with van der Waals surface area (Å²) in [4.78, 5) is 0. The molecule has 0 atom stereocenters. The van der Waals surface area contributed by atoms with E-state index in [9.17, 15) is 8.42 Å². The number of hydrogen-bond acceptors (Lipinski definition) is 5. The second-order valence-electron chi connectivity index (χ2n) is 3.96. The molecule has 2 rings (SSSR count). The van der Waals surface area contributed by atoms with Gasteiger partial charge in [-0.15, -0.1) is 0 Å². The van der Waals surface area contributed by atoms with Crippen LogP contribution in [0.3, 0.4) is 0 Å². The van der Waals surface area contributed by atoms with E-state index in [2.05, 4.69) is 14.9 Å². The molecule has 4 N–H and O–H groups in total. The highest BCUT2D eigenvalue weighted by molar-refractivity contribution is 7.92. The highest BCUT2D eigenvalue weighted by atomic mass is 32.2. The van der Waals surface area contributed by atoms with E-state index in [1.54, 1.807) is 24.3 Å². The fourth-order valence-corrected chi connectivity index (χ4v) is 2.92. The molecule has 0 fully saturated rings. The van der Waals surface area contributed by atoms with E-state index in [0.717, 1.165) is 0 Å². The molecule has 0 radical (unpaired) electrons. The number of aromatic amines is 1. The van der Waals surface area contributed by atoms with E-state index in [-0.39, 0.29) is 11.6 Å². The smallest absolute Gasteiger partial charge is 0.279 e. The summed E-state index contributed by atoms with van der Waals surface area (Å²) in [5.41, 5.74) is 6.28. The Morgan fingerprint density at radius 3 is 2.85 bits per heavy atom. The molecule has 0 aliphatic rings. The summed E-state index contributed by atoms with van der Waals surface area (Å²) >= 11 is 0. The molecule has 0 spiro atoms. The Hall–Kier alpha value is -2.06. The molecule has 1 aromatic heterocycles. The van der Waals surface area contributed by atoms with Gasteiger partial charge < -0.3 is 10.5 Å². The van der Waals surface area contributed by atoms with Gasteiger partial charge in [0.1, 0.15) is 5.75 Å². The van der Waals surface area contributed by atoms with Crippen LogP contribution in [0.2, 0.25) is 0 Å². The maximum atomic E-state index is 12.3. The van der Waals surface area contributed by atoms with Crippen LogP contribution in [0.25, 0.3) is 0 Å². The largest absolute Gasteiger partial charge is 0.492 e. The summed E-state index contributed by atoms with van der Waals surface area (Å²) in [5.74, 6) is 0.465. The van der Waals surface area contributed by atoms with Crippen molar-refractivity contribution in [3.8, 4) is 5.75 Å². The van der Waals surface area contributed by atoms with Crippen molar-refractivity contribution >= 4 is 15.7 Å². The maximum Gasteiger partial charge on any atom is 0.279 e. The highest BCUT2D eigenvalue weighted by Gasteiger charge is 2.21. The van der Waals surface area contributed by atoms with Crippen molar-refractivity contribution in [2.24, 2.45) is 5.73 Å². The number of nitrogens with zero attached hydrogens (tertiary/aromatic N) is 1. The van der Waals surface area contributed by atoms with Crippen LogP contribution in [-0.2, 0) is 16.6 Å². The Morgan fingerprint density at radius 2 is 2.15 bits per heavy atom. The molecule has 2 aromatic rings. The molecule has 0 unspecified atom stereocenters. The van der Waals surface area contributed by atoms with Crippen molar-refractivity contribution < 1.29 is 13.2 Å². The first-order chi connectivity index (χ1) is 9.58. The number of hydrogen-bond donors (Lipinski definition) is 3. The minimum atomic E-state index is -3.78. The van der Waals surface area contributed by atoms with Crippen molar-refractivity contribution in [3.63, 3.8) is 0 Å². The molecular weight excluding hydrogens is 280 g/mol. The third-order valence-corrected chi connectivity index (χ3v) is 3.98. The lowest BCUT2D eigenvalue weighted by molar-refractivity contribution is 0.342. The van der Waals surface area contributed by atoms with Crippen LogP contribution in [0.4, 0.5) is 5.69 Å². The first kappa shape index (κ1) is 14.4. The first-order valence-electron chi connectivity index (χ1n) is 6.05. The molecular formula is C12H16N4O3S. The molecule has 0 saturated heterocycles. The zero-order valence-corrected chi connectivity index (χ0v) is 11.8. The number of rotatable bonds is 6. The minimum Gasteiger partial charge on any atom is -0.492 e. The van der Waals surface area contributed by atoms with Gasteiger partial charge in [0.2, 0.25) is 0 Å². The number of ether oxygens (including phenoxy) is 1. The number of sulfonamides is 1. The molecule has 1 heterocycles. The number of H-pyrrole nitrogens is 1. The van der Waals surface area contributed by atoms with Crippen molar-refractivity contribution in [1.82, 2.24) is 10.2 Å². The topological polar surface area (TPSA) is 110 Å². The fraction of sp³-hybridized carbons (Fsp3) is 0.250. The zero-order valence-electron chi connectivity index (χ0n) is 11.0. The summed E-state index contributed by atoms with van der Waals surface area (Å²) in [6.45, 7) is 2.35. The summed E-state index contributed by atoms with van der Waals surface area (Å²) in [7, 11) is -3.78. The third-order valence-electron chi connectivity index (χ3n) is 2.60. The second kappa shape index (κ2) is 5.93. The van der Waals surface area contributed by atoms with Gasteiger partial charge in [0.15, 0.2) is 5.03 Å². The van der Waals surface area contributed by atoms with Gasteiger partial charge in [-0.1, -0.05) is 12.1 Å². The van der Waals surface area contributed by atoms with Gasteiger partial charge in [0, 0.05) is 12.1 Å². The van der Waals surface area contributed by atoms with Crippen molar-refractivity contribution in [3.05, 3.63) is 36.0 Å². The molecule has 20 heavy (non-hydrogen) atoms. The molecule has 0 amide bonds. The van der Waals surface area contributed by atoms with Crippen LogP contribution in [0.15, 0.2) is 35.5 Å². The van der Waals surface area contributed by atoms with Gasteiger partial charge in [-0.2, -0.15) is 13.5 Å². The van der Waals surface area contributed by atoms with Crippen LogP contribution in [0.5, 0.6) is 5.75 Å². The highest BCUT2D eigenvalue weighted by Crippen LogP contribution is 2.26. The van der Waals surface area contributed by atoms with E-state index >= 15 is 0 Å². The van der Waals surface area contributed by atoms with Crippen LogP contribution < -0.4 is 15.2 Å². The summed E-state index contributed by atoms with van der Waals surface area (Å²) in [5, 5.41) is 6.12. The molecule has 0 saturated carbocycles. The first-order valence-corrected chi connectivity index (χ1v) is 7.53. The zero-order chi connectivity index (χ0) is 14.6. The molecule has 0 bridgehead atoms. The second-order valence-corrected chi connectivity index (χ2v) is 5.58. The predicted octanol–water partition coefficient (Wildman–Crippen LogP) is 1.07. The van der Waals surface area contributed by atoms with Gasteiger partial charge in [-0.3, -0.25) is 9.82 Å². The molecule has 8 heteroatoms. The summed E-state index contributed by atoms with van der Waals surface area (Å²) < 4.78 is 32.5. The number of nitrogens with two attached hydrogens (primary N) is 1. The average Bonchev–Trinajstić information content (AvgIpc) is 2.90. The SMILES string of the molecule is CCOc1ccccc1NS(=O)(=O)c1[nH]ncc1CN. The Kier molecular flexibility index (Phi) is 4.26. The van der Waals surface area contributed by atoms with E-state index in [0.29, 0.717) is 23.6 Å². The van der Waals surface area contributed by atoms with E-state index < -0.39 is 10.0 Å². The van der Waals surface area contributed by atoms with E-state index in [1.165, 1.54) is 6.20 Å². The Bertz CT molecular complexity index is 682. The van der Waals surface area contributed by atoms with Gasteiger partial charge >= 0.3 is 0 Å². The standard InChI is InChI=1S/C12H16N4O3S/c1-2-19-11-6-4-3-5-10(11)16-20(17,18)12-9(7-13)8-14-15-12/h3-6,8,16H,2,7,13H2,1H3,(H,14,15). The molecule has 0 aliphatic carbocycles. The number of benzene rings is 1. The van der Waals surface area contributed by atoms with Crippen LogP contribution in [0, 0.1) is 0 Å². The minimum absolute atomic E-state index is 0.0358. The fourth-order valence-electron chi connectivity index (χ4n) is 1.71. The Labute approximate surface area is 117 Å². The van der Waals surface area contributed by atoms with Crippen molar-refractivity contribution in [2.75, 3.05) is 11.3 Å². The van der Waals surface area contributed by atoms with Gasteiger partial charge in [0.25, 0.3) is 10.0 Å². The number of anilines is 1. The van der Waals surface area contributed by atoms with Gasteiger partial charge in [-0.25, -0.2) is 0 Å². The maximum absolute atomic E-state index is 12.3. The van der Waals surface area contributed by atoms with Crippen LogP contribution in [-0.4, -0.2) is 25.2 Å². The third kappa shape index (κ3) is 2.91. The molecule has 0 aliphatic heterocycles. The van der Waals surface area contributed by atoms with Gasteiger partial charge in [-0.05, 0) is 19.1 Å². The summed E-state index contributed by atoms with van der Waals surface area (Å²) in [6.07, 6.45) is 1.39. The lowest BCUT2D eigenvalue weighted by Crippen LogP contribution is -2.16. The normalized spacial score (nSPS) is 11.3. The van der Waals surface area contributed by atoms with Gasteiger partial charge in [0.05, 0.1) is 18.5 Å². The van der Waals surface area contributed by atoms with E-state index in [1.807, 2.05) is 6.92 Å². The lowest BCUT2D eigenvalue weighted by Gasteiger charge is -2.12. The number of aromatic nitrogens is 2. The monoisotopic (exact) mass is 296 g/mol. The van der Waals surface area contributed by atoms with Crippen LogP contribution in [0.1, 0.15) is 12.5 Å². The predicted molar refractivity (Wildman–Crippen MR) is 74.9 cm³/mol. The average molecular weight is 296 g/mol. The quantitative estimate of drug-likeness (QED) is 0.738. The van der Waals surface area contributed by atoms with E-state index in [4.69, 9.17) is 10.5 Å². The van der Waals surface area contributed by atoms with Crippen LogP contribution >= 0.6 is 0 Å². The Balaban J connectivity index is 2.34. The molecule has 108 valence electrons. The summed E-state index contributed by atoms with van der Waals surface area (Å²) in [6, 6.07) is 6.81. The number of nitrogens with one attached hydrogen (secondary N) is 2. The lowest BCUT2D eigenvalue weighted by atomic mass is 10.3. The molecule has 1 aromatic carbocycles. The molecule has 7 nitrogen and oxygen atoms in total. The number of para-hydroxylation sites is 2. The van der Waals surface area contributed by atoms with Crippen molar-refractivity contribution in [1.29, 1.82) is 0 Å². The Morgan fingerprint density at radius 1 is 1.40 bits per heavy atom. The van der Waals surface area contributed by atoms with Crippen molar-refractivity contribution in [2.45, 2.75) is 18.5 Å².